The molecule has 3 aromatic rings. The van der Waals surface area contributed by atoms with Crippen LogP contribution in [-0.4, -0.2) is 42.5 Å². The summed E-state index contributed by atoms with van der Waals surface area (Å²) in [6.45, 7) is 3.93. The van der Waals surface area contributed by atoms with Crippen LogP contribution in [0.25, 0.3) is 11.5 Å². The zero-order valence-corrected chi connectivity index (χ0v) is 16.0. The third kappa shape index (κ3) is 3.39. The van der Waals surface area contributed by atoms with Crippen LogP contribution >= 0.6 is 0 Å². The van der Waals surface area contributed by atoms with E-state index in [1.54, 1.807) is 13.4 Å². The smallest absolute Gasteiger partial charge is 0.256 e. The Labute approximate surface area is 164 Å². The van der Waals surface area contributed by atoms with Crippen LogP contribution in [0.15, 0.2) is 59.2 Å². The number of nitrogens with one attached hydrogen (secondary N) is 1. The molecule has 1 N–H and O–H groups in total. The topological polar surface area (TPSA) is 67.6 Å². The van der Waals surface area contributed by atoms with Gasteiger partial charge in [-0.25, -0.2) is 4.98 Å². The normalized spacial score (nSPS) is 16.8. The van der Waals surface area contributed by atoms with E-state index in [0.717, 1.165) is 23.6 Å². The molecule has 2 aromatic heterocycles. The average Bonchev–Trinajstić information content (AvgIpc) is 3.28. The van der Waals surface area contributed by atoms with Gasteiger partial charge in [-0.15, -0.1) is 0 Å². The fraction of sp³-hybridized carbons (Fsp3) is 0.273. The number of methoxy groups -OCH3 is 1. The number of nitrogens with zero attached hydrogens (tertiary/aromatic N) is 2. The lowest BCUT2D eigenvalue weighted by Crippen LogP contribution is -2.49. The molecule has 1 aliphatic heterocycles. The molecule has 1 atom stereocenters. The van der Waals surface area contributed by atoms with E-state index in [1.807, 2.05) is 60.4 Å². The zero-order chi connectivity index (χ0) is 19.5. The monoisotopic (exact) mass is 377 g/mol. The molecule has 0 radical (unpaired) electrons. The summed E-state index contributed by atoms with van der Waals surface area (Å²) in [5.74, 6) is 1.46. The van der Waals surface area contributed by atoms with E-state index in [0.29, 0.717) is 30.1 Å². The number of carbonyl (C=O) groups excluding carboxylic acids is 1. The van der Waals surface area contributed by atoms with Crippen molar-refractivity contribution in [1.82, 2.24) is 15.2 Å². The number of aryl methyl sites for hydroxylation is 1. The van der Waals surface area contributed by atoms with Crippen LogP contribution in [0, 0.1) is 6.92 Å². The zero-order valence-electron chi connectivity index (χ0n) is 16.0. The molecule has 6 heteroatoms. The number of aromatic nitrogens is 1. The van der Waals surface area contributed by atoms with Gasteiger partial charge in [0.05, 0.1) is 30.7 Å². The number of para-hydroxylation sites is 1. The highest BCUT2D eigenvalue weighted by atomic mass is 16.5. The van der Waals surface area contributed by atoms with Crippen LogP contribution in [0.5, 0.6) is 5.75 Å². The van der Waals surface area contributed by atoms with Gasteiger partial charge in [0.1, 0.15) is 11.4 Å². The molecule has 0 saturated carbocycles. The van der Waals surface area contributed by atoms with Crippen LogP contribution in [0.4, 0.5) is 0 Å². The maximum absolute atomic E-state index is 13.4. The molecule has 28 heavy (non-hydrogen) atoms. The Balaban J connectivity index is 1.66. The molecule has 1 amide bonds. The number of hydrogen-bond donors (Lipinski definition) is 1. The summed E-state index contributed by atoms with van der Waals surface area (Å²) in [4.78, 5) is 19.9. The molecule has 4 rings (SSSR count). The van der Waals surface area contributed by atoms with Crippen molar-refractivity contribution in [2.75, 3.05) is 26.7 Å². The predicted octanol–water partition coefficient (Wildman–Crippen LogP) is 3.45. The first-order valence-corrected chi connectivity index (χ1v) is 9.35. The summed E-state index contributed by atoms with van der Waals surface area (Å²) in [6, 6.07) is 15.1. The van der Waals surface area contributed by atoms with Gasteiger partial charge in [0.2, 0.25) is 0 Å². The molecule has 1 aliphatic rings. The van der Waals surface area contributed by atoms with E-state index in [9.17, 15) is 4.79 Å². The summed E-state index contributed by atoms with van der Waals surface area (Å²) in [6.07, 6.45) is 1.62. The van der Waals surface area contributed by atoms with E-state index < -0.39 is 0 Å². The summed E-state index contributed by atoms with van der Waals surface area (Å²) in [5, 5.41) is 3.39. The Morgan fingerprint density at radius 2 is 2.07 bits per heavy atom. The van der Waals surface area contributed by atoms with Gasteiger partial charge in [-0.2, -0.15) is 0 Å². The number of hydrogen-bond acceptors (Lipinski definition) is 5. The summed E-state index contributed by atoms with van der Waals surface area (Å²) < 4.78 is 10.9. The maximum Gasteiger partial charge on any atom is 0.256 e. The average molecular weight is 377 g/mol. The molecule has 0 bridgehead atoms. The van der Waals surface area contributed by atoms with Crippen LogP contribution < -0.4 is 10.1 Å². The number of ether oxygens (including phenoxy) is 1. The fourth-order valence-corrected chi connectivity index (χ4v) is 3.67. The predicted molar refractivity (Wildman–Crippen MR) is 106 cm³/mol. The number of furan rings is 1. The molecular weight excluding hydrogens is 354 g/mol. The van der Waals surface area contributed by atoms with E-state index in [-0.39, 0.29) is 11.9 Å². The number of amides is 1. The minimum Gasteiger partial charge on any atom is -0.496 e. The first-order chi connectivity index (χ1) is 13.7. The van der Waals surface area contributed by atoms with Crippen LogP contribution in [-0.2, 0) is 0 Å². The van der Waals surface area contributed by atoms with Gasteiger partial charge in [0.15, 0.2) is 5.76 Å². The van der Waals surface area contributed by atoms with E-state index in [2.05, 4.69) is 10.3 Å². The molecule has 3 heterocycles. The highest BCUT2D eigenvalue weighted by molar-refractivity contribution is 5.96. The lowest BCUT2D eigenvalue weighted by atomic mass is 10.0. The van der Waals surface area contributed by atoms with Gasteiger partial charge in [-0.1, -0.05) is 18.2 Å². The standard InChI is InChI=1S/C22H23N3O3/c1-15-16(9-10-18(24-15)21-8-5-13-28-21)22(26)25-12-11-23-14-19(25)17-6-3-4-7-20(17)27-2/h3-10,13,19,23H,11-12,14H2,1-2H3. The van der Waals surface area contributed by atoms with E-state index in [4.69, 9.17) is 9.15 Å². The van der Waals surface area contributed by atoms with Crippen molar-refractivity contribution in [1.29, 1.82) is 0 Å². The minimum atomic E-state index is -0.0958. The minimum absolute atomic E-state index is 0.0200. The molecule has 0 aliphatic carbocycles. The quantitative estimate of drug-likeness (QED) is 0.754. The first-order valence-electron chi connectivity index (χ1n) is 9.35. The van der Waals surface area contributed by atoms with E-state index in [1.165, 1.54) is 0 Å². The Kier molecular flexibility index (Phi) is 5.12. The van der Waals surface area contributed by atoms with Crippen LogP contribution in [0.3, 0.4) is 0 Å². The Bertz CT molecular complexity index is 969. The summed E-state index contributed by atoms with van der Waals surface area (Å²) in [5.41, 5.74) is 3.03. The number of pyridine rings is 1. The van der Waals surface area contributed by atoms with E-state index >= 15 is 0 Å². The summed E-state index contributed by atoms with van der Waals surface area (Å²) >= 11 is 0. The molecule has 1 aromatic carbocycles. The number of rotatable bonds is 4. The van der Waals surface area contributed by atoms with Gasteiger partial charge in [0, 0.05) is 25.2 Å². The Hall–Kier alpha value is -3.12. The van der Waals surface area contributed by atoms with Crippen molar-refractivity contribution < 1.29 is 13.9 Å². The number of carbonyl (C=O) groups is 1. The lowest BCUT2D eigenvalue weighted by Gasteiger charge is -2.37. The van der Waals surface area contributed by atoms with Gasteiger partial charge in [-0.3, -0.25) is 4.79 Å². The van der Waals surface area contributed by atoms with Gasteiger partial charge in [-0.05, 0) is 37.3 Å². The molecular formula is C22H23N3O3. The number of benzene rings is 1. The second-order valence-electron chi connectivity index (χ2n) is 6.77. The molecule has 1 saturated heterocycles. The fourth-order valence-electron chi connectivity index (χ4n) is 3.67. The second kappa shape index (κ2) is 7.86. The van der Waals surface area contributed by atoms with Crippen molar-refractivity contribution in [3.05, 3.63) is 71.6 Å². The third-order valence-electron chi connectivity index (χ3n) is 5.09. The van der Waals surface area contributed by atoms with Gasteiger partial charge >= 0.3 is 0 Å². The molecule has 1 fully saturated rings. The van der Waals surface area contributed by atoms with Crippen LogP contribution in [0.1, 0.15) is 27.7 Å². The van der Waals surface area contributed by atoms with Gasteiger partial charge < -0.3 is 19.4 Å². The number of piperazine rings is 1. The highest BCUT2D eigenvalue weighted by Crippen LogP contribution is 2.31. The molecule has 144 valence electrons. The largest absolute Gasteiger partial charge is 0.496 e. The van der Waals surface area contributed by atoms with Crippen molar-refractivity contribution in [2.45, 2.75) is 13.0 Å². The highest BCUT2D eigenvalue weighted by Gasteiger charge is 2.31. The third-order valence-corrected chi connectivity index (χ3v) is 5.09. The van der Waals surface area contributed by atoms with Crippen molar-refractivity contribution in [3.8, 4) is 17.2 Å². The lowest BCUT2D eigenvalue weighted by molar-refractivity contribution is 0.0630. The second-order valence-corrected chi connectivity index (χ2v) is 6.77. The SMILES string of the molecule is COc1ccccc1C1CNCCN1C(=O)c1ccc(-c2ccco2)nc1C. The first kappa shape index (κ1) is 18.3. The Morgan fingerprint density at radius 1 is 1.21 bits per heavy atom. The summed E-state index contributed by atoms with van der Waals surface area (Å²) in [7, 11) is 1.66. The maximum atomic E-state index is 13.4. The molecule has 6 nitrogen and oxygen atoms in total. The Morgan fingerprint density at radius 3 is 2.82 bits per heavy atom. The molecule has 0 spiro atoms. The van der Waals surface area contributed by atoms with Crippen molar-refractivity contribution >= 4 is 5.91 Å². The molecule has 1 unspecified atom stereocenters. The van der Waals surface area contributed by atoms with Crippen molar-refractivity contribution in [3.63, 3.8) is 0 Å². The van der Waals surface area contributed by atoms with Crippen LogP contribution in [0.2, 0.25) is 0 Å². The van der Waals surface area contributed by atoms with Gasteiger partial charge in [0.25, 0.3) is 5.91 Å². The van der Waals surface area contributed by atoms with Crippen molar-refractivity contribution in [2.24, 2.45) is 0 Å².